The Kier molecular flexibility index (Phi) is 10.5. The Morgan fingerprint density at radius 3 is 2.38 bits per heavy atom. The summed E-state index contributed by atoms with van der Waals surface area (Å²) in [6.07, 6.45) is 0.514. The number of carbonyl (C=O) groups excluding carboxylic acids is 3. The van der Waals surface area contributed by atoms with Gasteiger partial charge in [0.05, 0.1) is 13.0 Å². The molecule has 1 atom stereocenters. The minimum absolute atomic E-state index is 0.0347. The van der Waals surface area contributed by atoms with Crippen LogP contribution in [0.5, 0.6) is 11.5 Å². The molecule has 1 unspecified atom stereocenters. The summed E-state index contributed by atoms with van der Waals surface area (Å²) >= 11 is 5.46. The number of nitrogens with zero attached hydrogens (tertiary/aromatic N) is 1. The summed E-state index contributed by atoms with van der Waals surface area (Å²) in [7, 11) is 0. The fourth-order valence-electron chi connectivity index (χ4n) is 4.11. The molecule has 2 amide bonds. The number of rotatable bonds is 11. The van der Waals surface area contributed by atoms with Crippen molar-refractivity contribution < 1.29 is 28.6 Å². The van der Waals surface area contributed by atoms with Gasteiger partial charge in [0.25, 0.3) is 5.91 Å². The molecule has 3 aromatic rings. The zero-order valence-electron chi connectivity index (χ0n) is 21.9. The van der Waals surface area contributed by atoms with Crippen LogP contribution in [0.2, 0.25) is 0 Å². The standard InChI is InChI=1S/C30H31N3O6S/c34-27(39-19-18-38-24-11-5-2-6-12-24)21-26-29(36)31-15-16-33(26)30(40)32-28(35)23-10-7-13-25(20-23)37-17-14-22-8-3-1-4-9-22/h1-13,20,26H,14-19,21H2,(H,31,36)(H,32,35,40). The van der Waals surface area contributed by atoms with E-state index >= 15 is 0 Å². The van der Waals surface area contributed by atoms with Crippen LogP contribution < -0.4 is 20.1 Å². The molecular formula is C30H31N3O6S. The summed E-state index contributed by atoms with van der Waals surface area (Å²) < 4.78 is 16.6. The molecule has 1 aliphatic heterocycles. The average Bonchev–Trinajstić information content (AvgIpc) is 2.97. The first-order valence-corrected chi connectivity index (χ1v) is 13.4. The molecule has 0 radical (unpaired) electrons. The Morgan fingerprint density at radius 1 is 0.900 bits per heavy atom. The van der Waals surface area contributed by atoms with Crippen molar-refractivity contribution in [2.75, 3.05) is 32.9 Å². The first kappa shape index (κ1) is 28.6. The average molecular weight is 562 g/mol. The Bertz CT molecular complexity index is 1310. The van der Waals surface area contributed by atoms with Crippen molar-refractivity contribution in [3.8, 4) is 11.5 Å². The molecule has 2 N–H and O–H groups in total. The van der Waals surface area contributed by atoms with Crippen molar-refractivity contribution in [3.63, 3.8) is 0 Å². The van der Waals surface area contributed by atoms with Crippen molar-refractivity contribution in [2.24, 2.45) is 0 Å². The van der Waals surface area contributed by atoms with Crippen molar-refractivity contribution in [1.29, 1.82) is 0 Å². The molecule has 0 bridgehead atoms. The summed E-state index contributed by atoms with van der Waals surface area (Å²) in [6.45, 7) is 1.35. The second-order valence-corrected chi connectivity index (χ2v) is 9.34. The van der Waals surface area contributed by atoms with Crippen LogP contribution in [0, 0.1) is 0 Å². The zero-order chi connectivity index (χ0) is 28.2. The van der Waals surface area contributed by atoms with E-state index in [0.29, 0.717) is 36.8 Å². The zero-order valence-corrected chi connectivity index (χ0v) is 22.7. The summed E-state index contributed by atoms with van der Waals surface area (Å²) in [6, 6.07) is 25.0. The number of hydrogen-bond acceptors (Lipinski definition) is 7. The van der Waals surface area contributed by atoms with Crippen molar-refractivity contribution in [3.05, 3.63) is 96.1 Å². The van der Waals surface area contributed by atoms with Crippen LogP contribution in [-0.2, 0) is 20.7 Å². The first-order chi connectivity index (χ1) is 19.5. The lowest BCUT2D eigenvalue weighted by Gasteiger charge is -2.36. The van der Waals surface area contributed by atoms with E-state index in [4.69, 9.17) is 26.4 Å². The van der Waals surface area contributed by atoms with Gasteiger partial charge in [0, 0.05) is 25.1 Å². The molecule has 9 nitrogen and oxygen atoms in total. The minimum Gasteiger partial charge on any atom is -0.493 e. The summed E-state index contributed by atoms with van der Waals surface area (Å²) in [5.41, 5.74) is 1.52. The first-order valence-electron chi connectivity index (χ1n) is 13.0. The van der Waals surface area contributed by atoms with Crippen LogP contribution in [0.1, 0.15) is 22.3 Å². The molecule has 208 valence electrons. The van der Waals surface area contributed by atoms with Crippen LogP contribution >= 0.6 is 12.2 Å². The normalized spacial score (nSPS) is 14.6. The molecule has 1 saturated heterocycles. The third kappa shape index (κ3) is 8.54. The van der Waals surface area contributed by atoms with Crippen LogP contribution in [0.15, 0.2) is 84.9 Å². The highest BCUT2D eigenvalue weighted by Crippen LogP contribution is 2.16. The predicted molar refractivity (Wildman–Crippen MR) is 153 cm³/mol. The largest absolute Gasteiger partial charge is 0.493 e. The molecule has 0 aromatic heterocycles. The highest BCUT2D eigenvalue weighted by molar-refractivity contribution is 7.80. The van der Waals surface area contributed by atoms with Gasteiger partial charge in [-0.3, -0.25) is 19.7 Å². The molecule has 0 spiro atoms. The van der Waals surface area contributed by atoms with E-state index in [9.17, 15) is 14.4 Å². The Hall–Kier alpha value is -4.44. The number of benzene rings is 3. The van der Waals surface area contributed by atoms with Crippen LogP contribution in [0.4, 0.5) is 0 Å². The number of hydrogen-bond donors (Lipinski definition) is 2. The van der Waals surface area contributed by atoms with E-state index in [-0.39, 0.29) is 30.7 Å². The van der Waals surface area contributed by atoms with Crippen molar-refractivity contribution >= 4 is 35.1 Å². The lowest BCUT2D eigenvalue weighted by atomic mass is 10.1. The third-order valence-corrected chi connectivity index (χ3v) is 6.47. The van der Waals surface area contributed by atoms with Gasteiger partial charge >= 0.3 is 5.97 Å². The minimum atomic E-state index is -0.906. The number of para-hydroxylation sites is 1. The second-order valence-electron chi connectivity index (χ2n) is 8.96. The molecule has 10 heteroatoms. The van der Waals surface area contributed by atoms with E-state index in [1.807, 2.05) is 48.5 Å². The van der Waals surface area contributed by atoms with E-state index in [0.717, 1.165) is 12.0 Å². The highest BCUT2D eigenvalue weighted by Gasteiger charge is 2.34. The van der Waals surface area contributed by atoms with Crippen molar-refractivity contribution in [2.45, 2.75) is 18.9 Å². The fourth-order valence-corrected chi connectivity index (χ4v) is 4.42. The number of esters is 1. The van der Waals surface area contributed by atoms with E-state index in [1.165, 1.54) is 4.90 Å². The maximum absolute atomic E-state index is 13.0. The van der Waals surface area contributed by atoms with E-state index in [2.05, 4.69) is 10.6 Å². The summed E-state index contributed by atoms with van der Waals surface area (Å²) in [5.74, 6) is -0.151. The number of ether oxygens (including phenoxy) is 3. The molecule has 1 fully saturated rings. The summed E-state index contributed by atoms with van der Waals surface area (Å²) in [5, 5.41) is 5.47. The summed E-state index contributed by atoms with van der Waals surface area (Å²) in [4.78, 5) is 39.6. The molecule has 40 heavy (non-hydrogen) atoms. The molecule has 0 aliphatic carbocycles. The number of nitrogens with one attached hydrogen (secondary N) is 2. The molecule has 1 heterocycles. The van der Waals surface area contributed by atoms with Gasteiger partial charge in [-0.05, 0) is 48.1 Å². The quantitative estimate of drug-likeness (QED) is 0.209. The Balaban J connectivity index is 1.27. The van der Waals surface area contributed by atoms with Gasteiger partial charge in [-0.25, -0.2) is 0 Å². The van der Waals surface area contributed by atoms with Crippen LogP contribution in [-0.4, -0.2) is 66.7 Å². The van der Waals surface area contributed by atoms with E-state index in [1.54, 1.807) is 36.4 Å². The monoisotopic (exact) mass is 561 g/mol. The maximum Gasteiger partial charge on any atom is 0.308 e. The molecular weight excluding hydrogens is 530 g/mol. The van der Waals surface area contributed by atoms with Gasteiger partial charge in [-0.15, -0.1) is 0 Å². The van der Waals surface area contributed by atoms with E-state index < -0.39 is 17.9 Å². The van der Waals surface area contributed by atoms with Crippen LogP contribution in [0.25, 0.3) is 0 Å². The molecule has 4 rings (SSSR count). The Labute approximate surface area is 238 Å². The van der Waals surface area contributed by atoms with Gasteiger partial charge in [-0.2, -0.15) is 0 Å². The highest BCUT2D eigenvalue weighted by atomic mass is 32.1. The van der Waals surface area contributed by atoms with Gasteiger partial charge < -0.3 is 24.4 Å². The topological polar surface area (TPSA) is 106 Å². The number of carbonyl (C=O) groups is 3. The number of thiocarbonyl (C=S) groups is 1. The van der Waals surface area contributed by atoms with Crippen LogP contribution in [0.3, 0.4) is 0 Å². The molecule has 3 aromatic carbocycles. The third-order valence-electron chi connectivity index (χ3n) is 6.13. The smallest absolute Gasteiger partial charge is 0.308 e. The molecule has 1 aliphatic rings. The number of piperazine rings is 1. The maximum atomic E-state index is 13.0. The van der Waals surface area contributed by atoms with Gasteiger partial charge in [0.2, 0.25) is 5.91 Å². The molecule has 0 saturated carbocycles. The van der Waals surface area contributed by atoms with Gasteiger partial charge in [0.1, 0.15) is 30.8 Å². The predicted octanol–water partition coefficient (Wildman–Crippen LogP) is 3.14. The van der Waals surface area contributed by atoms with Crippen molar-refractivity contribution in [1.82, 2.24) is 15.5 Å². The lowest BCUT2D eigenvalue weighted by molar-refractivity contribution is -0.148. The van der Waals surface area contributed by atoms with Gasteiger partial charge in [-0.1, -0.05) is 54.6 Å². The second kappa shape index (κ2) is 14.6. The lowest BCUT2D eigenvalue weighted by Crippen LogP contribution is -2.60. The Morgan fingerprint density at radius 2 is 1.60 bits per heavy atom. The fraction of sp³-hybridized carbons (Fsp3) is 0.267. The number of amides is 2. The van der Waals surface area contributed by atoms with Gasteiger partial charge in [0.15, 0.2) is 5.11 Å². The SMILES string of the molecule is O=C(CC1C(=O)NCCN1C(=S)NC(=O)c1cccc(OCCc2ccccc2)c1)OCCOc1ccccc1.